The summed E-state index contributed by atoms with van der Waals surface area (Å²) in [4.78, 5) is 4.20. The zero-order valence-electron chi connectivity index (χ0n) is 9.94. The van der Waals surface area contributed by atoms with Crippen LogP contribution < -0.4 is 5.73 Å². The van der Waals surface area contributed by atoms with E-state index >= 15 is 0 Å². The van der Waals surface area contributed by atoms with E-state index in [9.17, 15) is 4.39 Å². The highest BCUT2D eigenvalue weighted by Gasteiger charge is 2.10. The highest BCUT2D eigenvalue weighted by molar-refractivity contribution is 5.33. The molecule has 0 saturated carbocycles. The Hall–Kier alpha value is -1.74. The van der Waals surface area contributed by atoms with Gasteiger partial charge in [0.25, 0.3) is 0 Å². The van der Waals surface area contributed by atoms with Crippen molar-refractivity contribution in [1.82, 2.24) is 4.98 Å². The molecular formula is C14H15FN2. The lowest BCUT2D eigenvalue weighted by Gasteiger charge is -2.13. The number of benzene rings is 1. The summed E-state index contributed by atoms with van der Waals surface area (Å²) in [7, 11) is 0. The molecule has 1 aromatic carbocycles. The lowest BCUT2D eigenvalue weighted by molar-refractivity contribution is 0.622. The average molecular weight is 230 g/mol. The molecule has 2 rings (SSSR count). The van der Waals surface area contributed by atoms with Crippen molar-refractivity contribution in [2.24, 2.45) is 5.73 Å². The fraction of sp³-hybridized carbons (Fsp3) is 0.214. The van der Waals surface area contributed by atoms with E-state index in [1.807, 2.05) is 32.0 Å². The van der Waals surface area contributed by atoms with E-state index in [4.69, 9.17) is 5.73 Å². The fourth-order valence-corrected chi connectivity index (χ4v) is 1.80. The number of rotatable bonds is 2. The lowest BCUT2D eigenvalue weighted by Crippen LogP contribution is -2.12. The smallest absolute Gasteiger partial charge is 0.123 e. The predicted octanol–water partition coefficient (Wildman–Crippen LogP) is 2.89. The molecule has 0 aliphatic heterocycles. The first-order chi connectivity index (χ1) is 8.06. The minimum Gasteiger partial charge on any atom is -0.320 e. The molecule has 0 spiro atoms. The molecule has 0 aliphatic rings. The number of aryl methyl sites for hydroxylation is 2. The Kier molecular flexibility index (Phi) is 3.20. The van der Waals surface area contributed by atoms with Crippen LogP contribution in [0.3, 0.4) is 0 Å². The van der Waals surface area contributed by atoms with E-state index < -0.39 is 0 Å². The van der Waals surface area contributed by atoms with Gasteiger partial charge < -0.3 is 5.73 Å². The molecule has 0 radical (unpaired) electrons. The van der Waals surface area contributed by atoms with Crippen molar-refractivity contribution in [2.75, 3.05) is 0 Å². The first-order valence-electron chi connectivity index (χ1n) is 5.51. The monoisotopic (exact) mass is 230 g/mol. The third kappa shape index (κ3) is 2.68. The second kappa shape index (κ2) is 4.63. The normalized spacial score (nSPS) is 12.5. The van der Waals surface area contributed by atoms with E-state index in [0.29, 0.717) is 0 Å². The summed E-state index contributed by atoms with van der Waals surface area (Å²) in [5, 5.41) is 0. The SMILES string of the molecule is Cc1cc(F)cc(C(N)c2ccc(C)nc2)c1. The Labute approximate surface area is 100 Å². The Bertz CT molecular complexity index is 500. The van der Waals surface area contributed by atoms with E-state index in [1.54, 1.807) is 6.20 Å². The highest BCUT2D eigenvalue weighted by atomic mass is 19.1. The Morgan fingerprint density at radius 3 is 2.47 bits per heavy atom. The predicted molar refractivity (Wildman–Crippen MR) is 66.1 cm³/mol. The van der Waals surface area contributed by atoms with Gasteiger partial charge in [-0.2, -0.15) is 0 Å². The van der Waals surface area contributed by atoms with E-state index in [-0.39, 0.29) is 11.9 Å². The van der Waals surface area contributed by atoms with Crippen molar-refractivity contribution in [3.8, 4) is 0 Å². The molecule has 2 N–H and O–H groups in total. The molecule has 88 valence electrons. The zero-order chi connectivity index (χ0) is 12.4. The van der Waals surface area contributed by atoms with Crippen LogP contribution >= 0.6 is 0 Å². The van der Waals surface area contributed by atoms with Gasteiger partial charge in [-0.1, -0.05) is 12.1 Å². The molecular weight excluding hydrogens is 215 g/mol. The molecule has 2 nitrogen and oxygen atoms in total. The average Bonchev–Trinajstić information content (AvgIpc) is 2.28. The van der Waals surface area contributed by atoms with Crippen LogP contribution in [0.15, 0.2) is 36.5 Å². The summed E-state index contributed by atoms with van der Waals surface area (Å²) in [6, 6.07) is 8.35. The molecule has 1 aromatic heterocycles. The molecule has 0 saturated heterocycles. The van der Waals surface area contributed by atoms with Crippen LogP contribution in [0, 0.1) is 19.7 Å². The molecule has 0 amide bonds. The summed E-state index contributed by atoms with van der Waals surface area (Å²) in [6.45, 7) is 3.77. The van der Waals surface area contributed by atoms with E-state index in [1.165, 1.54) is 12.1 Å². The van der Waals surface area contributed by atoms with Gasteiger partial charge in [0.15, 0.2) is 0 Å². The number of hydrogen-bond donors (Lipinski definition) is 1. The van der Waals surface area contributed by atoms with Gasteiger partial charge in [0.2, 0.25) is 0 Å². The van der Waals surface area contributed by atoms with Crippen LogP contribution in [0.5, 0.6) is 0 Å². The summed E-state index contributed by atoms with van der Waals surface area (Å²) >= 11 is 0. The number of pyridine rings is 1. The quantitative estimate of drug-likeness (QED) is 0.861. The van der Waals surface area contributed by atoms with Gasteiger partial charge in [0.1, 0.15) is 5.82 Å². The maximum Gasteiger partial charge on any atom is 0.123 e. The van der Waals surface area contributed by atoms with Gasteiger partial charge in [-0.25, -0.2) is 4.39 Å². The number of hydrogen-bond acceptors (Lipinski definition) is 2. The molecule has 0 aliphatic carbocycles. The standard InChI is InChI=1S/C14H15FN2/c1-9-5-12(7-13(15)6-9)14(16)11-4-3-10(2)17-8-11/h3-8,14H,16H2,1-2H3. The number of halogens is 1. The van der Waals surface area contributed by atoms with Crippen molar-refractivity contribution in [3.05, 3.63) is 64.7 Å². The molecule has 2 aromatic rings. The first kappa shape index (κ1) is 11.7. The van der Waals surface area contributed by atoms with Crippen molar-refractivity contribution >= 4 is 0 Å². The molecule has 1 unspecified atom stereocenters. The van der Waals surface area contributed by atoms with E-state index in [2.05, 4.69) is 4.98 Å². The van der Waals surface area contributed by atoms with Gasteiger partial charge in [0.05, 0.1) is 6.04 Å². The second-order valence-electron chi connectivity index (χ2n) is 4.27. The maximum atomic E-state index is 13.3. The third-order valence-corrected chi connectivity index (χ3v) is 2.72. The Balaban J connectivity index is 2.36. The van der Waals surface area contributed by atoms with Crippen LogP contribution in [0.25, 0.3) is 0 Å². The van der Waals surface area contributed by atoms with Crippen molar-refractivity contribution in [1.29, 1.82) is 0 Å². The second-order valence-corrected chi connectivity index (χ2v) is 4.27. The Morgan fingerprint density at radius 1 is 1.12 bits per heavy atom. The molecule has 0 fully saturated rings. The van der Waals surface area contributed by atoms with Gasteiger partial charge in [-0.05, 0) is 48.7 Å². The number of nitrogens with two attached hydrogens (primary N) is 1. The van der Waals surface area contributed by atoms with Gasteiger partial charge in [-0.3, -0.25) is 4.98 Å². The number of nitrogens with zero attached hydrogens (tertiary/aromatic N) is 1. The first-order valence-corrected chi connectivity index (χ1v) is 5.51. The summed E-state index contributed by atoms with van der Waals surface area (Å²) in [5.74, 6) is -0.254. The Morgan fingerprint density at radius 2 is 1.88 bits per heavy atom. The van der Waals surface area contributed by atoms with E-state index in [0.717, 1.165) is 22.4 Å². The largest absolute Gasteiger partial charge is 0.320 e. The lowest BCUT2D eigenvalue weighted by atomic mass is 9.99. The van der Waals surface area contributed by atoms with Crippen LogP contribution in [0.1, 0.15) is 28.4 Å². The van der Waals surface area contributed by atoms with Crippen LogP contribution in [-0.2, 0) is 0 Å². The van der Waals surface area contributed by atoms with Crippen LogP contribution in [-0.4, -0.2) is 4.98 Å². The molecule has 3 heteroatoms. The molecule has 0 bridgehead atoms. The highest BCUT2D eigenvalue weighted by Crippen LogP contribution is 2.21. The third-order valence-electron chi connectivity index (χ3n) is 2.72. The zero-order valence-corrected chi connectivity index (χ0v) is 9.94. The van der Waals surface area contributed by atoms with Gasteiger partial charge in [-0.15, -0.1) is 0 Å². The van der Waals surface area contributed by atoms with Crippen molar-refractivity contribution < 1.29 is 4.39 Å². The van der Waals surface area contributed by atoms with Crippen molar-refractivity contribution in [2.45, 2.75) is 19.9 Å². The number of aromatic nitrogens is 1. The summed E-state index contributed by atoms with van der Waals surface area (Å²) in [6.07, 6.45) is 1.74. The van der Waals surface area contributed by atoms with Gasteiger partial charge >= 0.3 is 0 Å². The minimum atomic E-state index is -0.336. The topological polar surface area (TPSA) is 38.9 Å². The van der Waals surface area contributed by atoms with Crippen LogP contribution in [0.4, 0.5) is 4.39 Å². The molecule has 1 atom stereocenters. The van der Waals surface area contributed by atoms with Crippen molar-refractivity contribution in [3.63, 3.8) is 0 Å². The van der Waals surface area contributed by atoms with Gasteiger partial charge in [0, 0.05) is 11.9 Å². The van der Waals surface area contributed by atoms with Crippen LogP contribution in [0.2, 0.25) is 0 Å². The minimum absolute atomic E-state index is 0.254. The maximum absolute atomic E-state index is 13.3. The summed E-state index contributed by atoms with van der Waals surface area (Å²) in [5.41, 5.74) is 9.57. The molecule has 1 heterocycles. The molecule has 17 heavy (non-hydrogen) atoms. The fourth-order valence-electron chi connectivity index (χ4n) is 1.80. The summed E-state index contributed by atoms with van der Waals surface area (Å²) < 4.78 is 13.3.